The summed E-state index contributed by atoms with van der Waals surface area (Å²) in [6.45, 7) is 2.27. The van der Waals surface area contributed by atoms with E-state index >= 15 is 0 Å². The van der Waals surface area contributed by atoms with Crippen LogP contribution < -0.4 is 0 Å². The third-order valence-corrected chi connectivity index (χ3v) is 6.05. The van der Waals surface area contributed by atoms with Crippen LogP contribution in [-0.2, 0) is 0 Å². The second-order valence-electron chi connectivity index (χ2n) is 7.32. The van der Waals surface area contributed by atoms with Crippen molar-refractivity contribution in [3.8, 4) is 5.75 Å². The van der Waals surface area contributed by atoms with Gasteiger partial charge in [0, 0.05) is 16.7 Å². The van der Waals surface area contributed by atoms with Gasteiger partial charge in [-0.3, -0.25) is 4.99 Å². The molecule has 0 unspecified atom stereocenters. The van der Waals surface area contributed by atoms with Gasteiger partial charge in [-0.05, 0) is 36.4 Å². The maximum atomic E-state index is 9.88. The summed E-state index contributed by atoms with van der Waals surface area (Å²) in [6, 6.07) is 15.6. The minimum Gasteiger partial charge on any atom is -0.507 e. The molecule has 0 spiro atoms. The van der Waals surface area contributed by atoms with Crippen molar-refractivity contribution < 1.29 is 5.11 Å². The Morgan fingerprint density at radius 2 is 1.39 bits per heavy atom. The lowest BCUT2D eigenvalue weighted by molar-refractivity contribution is 0.474. The van der Waals surface area contributed by atoms with E-state index in [9.17, 15) is 5.11 Å². The number of benzene rings is 2. The predicted molar refractivity (Wildman–Crippen MR) is 124 cm³/mol. The molecule has 0 aromatic heterocycles. The number of hydrogen-bond donors (Lipinski definition) is 1. The zero-order chi connectivity index (χ0) is 19.9. The lowest BCUT2D eigenvalue weighted by atomic mass is 10.1. The number of phenolic OH excluding ortho intramolecular Hbond substituents is 1. The van der Waals surface area contributed by atoms with Crippen LogP contribution in [0.3, 0.4) is 0 Å². The maximum Gasteiger partial charge on any atom is 0.124 e. The van der Waals surface area contributed by atoms with Crippen LogP contribution in [0.25, 0.3) is 0 Å². The Morgan fingerprint density at radius 3 is 2.11 bits per heavy atom. The highest BCUT2D eigenvalue weighted by Crippen LogP contribution is 2.30. The van der Waals surface area contributed by atoms with Crippen LogP contribution in [0.15, 0.2) is 58.4 Å². The number of rotatable bonds is 14. The molecule has 152 valence electrons. The molecule has 0 radical (unpaired) electrons. The number of hydrogen-bond acceptors (Lipinski definition) is 3. The Labute approximate surface area is 175 Å². The number of unbranched alkanes of at least 4 members (excludes halogenated alkanes) is 9. The Morgan fingerprint density at radius 1 is 0.786 bits per heavy atom. The Hall–Kier alpha value is -1.74. The summed E-state index contributed by atoms with van der Waals surface area (Å²) in [5.41, 5.74) is 1.72. The molecule has 0 atom stereocenters. The average molecular weight is 398 g/mol. The van der Waals surface area contributed by atoms with Crippen LogP contribution in [0, 0.1) is 0 Å². The van der Waals surface area contributed by atoms with Crippen LogP contribution in [0.1, 0.15) is 76.7 Å². The van der Waals surface area contributed by atoms with Gasteiger partial charge in [0.2, 0.25) is 0 Å². The molecule has 2 aromatic rings. The van der Waals surface area contributed by atoms with Crippen LogP contribution in [0.2, 0.25) is 0 Å². The predicted octanol–water partition coefficient (Wildman–Crippen LogP) is 8.16. The fourth-order valence-electron chi connectivity index (χ4n) is 3.19. The number of thioether (sulfide) groups is 1. The quantitative estimate of drug-likeness (QED) is 0.198. The molecule has 2 rings (SSSR count). The lowest BCUT2D eigenvalue weighted by Crippen LogP contribution is -1.85. The first-order chi connectivity index (χ1) is 13.8. The lowest BCUT2D eigenvalue weighted by Gasteiger charge is -2.06. The van der Waals surface area contributed by atoms with Gasteiger partial charge >= 0.3 is 0 Å². The number of aromatic hydroxyl groups is 1. The molecule has 28 heavy (non-hydrogen) atoms. The van der Waals surface area contributed by atoms with Gasteiger partial charge in [-0.1, -0.05) is 89.0 Å². The Kier molecular flexibility index (Phi) is 11.5. The highest BCUT2D eigenvalue weighted by Gasteiger charge is 2.02. The summed E-state index contributed by atoms with van der Waals surface area (Å²) in [6.07, 6.45) is 15.5. The summed E-state index contributed by atoms with van der Waals surface area (Å²) in [4.78, 5) is 5.81. The fraction of sp³-hybridized carbons (Fsp3) is 0.480. The molecule has 2 nitrogen and oxygen atoms in total. The van der Waals surface area contributed by atoms with Gasteiger partial charge in [0.05, 0.1) is 5.69 Å². The number of phenols is 1. The summed E-state index contributed by atoms with van der Waals surface area (Å²) in [7, 11) is 0. The molecule has 1 N–H and O–H groups in total. The number of nitrogens with zero attached hydrogens (tertiary/aromatic N) is 1. The standard InChI is InChI=1S/C25H35NOS/c1-2-3-4-5-6-7-8-9-10-15-20-28-25-19-14-12-17-23(25)26-21-22-16-11-13-18-24(22)27/h11-14,16-19,21,27H,2-10,15,20H2,1H3. The van der Waals surface area contributed by atoms with Crippen molar-refractivity contribution >= 4 is 23.7 Å². The Balaban J connectivity index is 1.66. The van der Waals surface area contributed by atoms with E-state index in [1.54, 1.807) is 12.3 Å². The number of para-hydroxylation sites is 2. The van der Waals surface area contributed by atoms with Crippen LogP contribution >= 0.6 is 11.8 Å². The summed E-state index contributed by atoms with van der Waals surface area (Å²) < 4.78 is 0. The van der Waals surface area contributed by atoms with E-state index in [4.69, 9.17) is 0 Å². The fourth-order valence-corrected chi connectivity index (χ4v) is 4.21. The van der Waals surface area contributed by atoms with Gasteiger partial charge in [-0.25, -0.2) is 0 Å². The topological polar surface area (TPSA) is 32.6 Å². The van der Waals surface area contributed by atoms with E-state index in [1.165, 1.54) is 69.1 Å². The molecule has 0 amide bonds. The average Bonchev–Trinajstić information content (AvgIpc) is 2.72. The van der Waals surface area contributed by atoms with Crippen molar-refractivity contribution in [2.24, 2.45) is 4.99 Å². The zero-order valence-electron chi connectivity index (χ0n) is 17.3. The van der Waals surface area contributed by atoms with Gasteiger partial charge in [-0.15, -0.1) is 11.8 Å². The second kappa shape index (κ2) is 14.3. The monoisotopic (exact) mass is 397 g/mol. The molecule has 0 aliphatic rings. The highest BCUT2D eigenvalue weighted by molar-refractivity contribution is 7.99. The zero-order valence-corrected chi connectivity index (χ0v) is 18.1. The molecule has 0 saturated carbocycles. The van der Waals surface area contributed by atoms with Crippen molar-refractivity contribution in [1.29, 1.82) is 0 Å². The van der Waals surface area contributed by atoms with E-state index in [-0.39, 0.29) is 5.75 Å². The molecular weight excluding hydrogens is 362 g/mol. The molecule has 0 aliphatic heterocycles. The van der Waals surface area contributed by atoms with Crippen molar-refractivity contribution in [3.63, 3.8) is 0 Å². The summed E-state index contributed by atoms with van der Waals surface area (Å²) in [5.74, 6) is 1.40. The van der Waals surface area contributed by atoms with Gasteiger partial charge in [0.1, 0.15) is 5.75 Å². The molecule has 2 aromatic carbocycles. The van der Waals surface area contributed by atoms with E-state index in [0.717, 1.165) is 17.0 Å². The molecule has 0 aliphatic carbocycles. The molecule has 0 fully saturated rings. The van der Waals surface area contributed by atoms with Crippen LogP contribution in [0.5, 0.6) is 5.75 Å². The minimum absolute atomic E-state index is 0.266. The summed E-state index contributed by atoms with van der Waals surface area (Å²) in [5, 5.41) is 9.88. The van der Waals surface area contributed by atoms with E-state index in [0.29, 0.717) is 0 Å². The molecule has 3 heteroatoms. The molecular formula is C25H35NOS. The normalized spacial score (nSPS) is 11.3. The first kappa shape index (κ1) is 22.5. The van der Waals surface area contributed by atoms with E-state index < -0.39 is 0 Å². The maximum absolute atomic E-state index is 9.88. The van der Waals surface area contributed by atoms with Crippen molar-refractivity contribution in [1.82, 2.24) is 0 Å². The van der Waals surface area contributed by atoms with Crippen LogP contribution in [-0.4, -0.2) is 17.1 Å². The van der Waals surface area contributed by atoms with Crippen LogP contribution in [0.4, 0.5) is 5.69 Å². The van der Waals surface area contributed by atoms with Gasteiger partial charge < -0.3 is 5.11 Å². The van der Waals surface area contributed by atoms with Gasteiger partial charge in [-0.2, -0.15) is 0 Å². The number of aliphatic imine (C=N–C) groups is 1. The summed E-state index contributed by atoms with van der Waals surface area (Å²) >= 11 is 1.89. The van der Waals surface area contributed by atoms with Gasteiger partial charge in [0.25, 0.3) is 0 Å². The molecule has 0 saturated heterocycles. The highest BCUT2D eigenvalue weighted by atomic mass is 32.2. The molecule has 0 bridgehead atoms. The van der Waals surface area contributed by atoms with Crippen molar-refractivity contribution in [2.75, 3.05) is 5.75 Å². The second-order valence-corrected chi connectivity index (χ2v) is 8.45. The first-order valence-corrected chi connectivity index (χ1v) is 11.8. The Bertz CT molecular complexity index is 698. The van der Waals surface area contributed by atoms with E-state index in [2.05, 4.69) is 24.0 Å². The van der Waals surface area contributed by atoms with Gasteiger partial charge in [0.15, 0.2) is 0 Å². The largest absolute Gasteiger partial charge is 0.507 e. The van der Waals surface area contributed by atoms with Crippen molar-refractivity contribution in [3.05, 3.63) is 54.1 Å². The van der Waals surface area contributed by atoms with Crippen molar-refractivity contribution in [2.45, 2.75) is 76.0 Å². The SMILES string of the molecule is CCCCCCCCCCCCSc1ccccc1N=Cc1ccccc1O. The minimum atomic E-state index is 0.266. The van der Waals surface area contributed by atoms with E-state index in [1.807, 2.05) is 42.1 Å². The molecule has 0 heterocycles. The first-order valence-electron chi connectivity index (χ1n) is 10.8. The third kappa shape index (κ3) is 8.97. The smallest absolute Gasteiger partial charge is 0.124 e. The third-order valence-electron chi connectivity index (χ3n) is 4.90.